The van der Waals surface area contributed by atoms with Gasteiger partial charge in [0.05, 0.1) is 6.21 Å². The molecule has 0 radical (unpaired) electrons. The summed E-state index contributed by atoms with van der Waals surface area (Å²) in [6.45, 7) is 2.03. The van der Waals surface area contributed by atoms with Crippen molar-refractivity contribution in [3.63, 3.8) is 0 Å². The highest BCUT2D eigenvalue weighted by atomic mass is 32.1. The zero-order chi connectivity index (χ0) is 16.5. The van der Waals surface area contributed by atoms with Crippen molar-refractivity contribution >= 4 is 40.0 Å². The van der Waals surface area contributed by atoms with E-state index in [0.29, 0.717) is 4.77 Å². The molecule has 0 atom stereocenters. The number of H-pyrrole nitrogens is 1. The highest BCUT2D eigenvalue weighted by molar-refractivity contribution is 7.71. The number of benzene rings is 3. The third-order valence-electron chi connectivity index (χ3n) is 4.15. The highest BCUT2D eigenvalue weighted by Crippen LogP contribution is 2.27. The van der Waals surface area contributed by atoms with Gasteiger partial charge in [0.1, 0.15) is 0 Å². The Hall–Kier alpha value is -2.79. The van der Waals surface area contributed by atoms with Gasteiger partial charge in [-0.05, 0) is 39.8 Å². The Balaban J connectivity index is 1.98. The van der Waals surface area contributed by atoms with Gasteiger partial charge in [-0.15, -0.1) is 0 Å². The quantitative estimate of drug-likeness (QED) is 0.336. The van der Waals surface area contributed by atoms with Crippen molar-refractivity contribution in [3.05, 3.63) is 70.8 Å². The first-order valence-corrected chi connectivity index (χ1v) is 8.30. The molecule has 0 spiro atoms. The zero-order valence-corrected chi connectivity index (χ0v) is 14.0. The van der Waals surface area contributed by atoms with Crippen LogP contribution < -0.4 is 0 Å². The number of nitrogens with zero attached hydrogens (tertiary/aromatic N) is 3. The molecule has 4 nitrogen and oxygen atoms in total. The Morgan fingerprint density at radius 3 is 2.33 bits per heavy atom. The van der Waals surface area contributed by atoms with E-state index in [9.17, 15) is 0 Å². The fraction of sp³-hybridized carbons (Fsp3) is 0.105. The largest absolute Gasteiger partial charge is 0.250 e. The van der Waals surface area contributed by atoms with Gasteiger partial charge in [-0.2, -0.15) is 14.9 Å². The van der Waals surface area contributed by atoms with Gasteiger partial charge >= 0.3 is 0 Å². The predicted octanol–water partition coefficient (Wildman–Crippen LogP) is 4.69. The van der Waals surface area contributed by atoms with Gasteiger partial charge < -0.3 is 0 Å². The second-order valence-corrected chi connectivity index (χ2v) is 5.97. The van der Waals surface area contributed by atoms with Crippen LogP contribution in [-0.2, 0) is 6.42 Å². The molecule has 0 saturated heterocycles. The van der Waals surface area contributed by atoms with E-state index < -0.39 is 0 Å². The number of aryl methyl sites for hydroxylation is 1. The van der Waals surface area contributed by atoms with Crippen LogP contribution in [0.25, 0.3) is 21.5 Å². The molecule has 1 heterocycles. The van der Waals surface area contributed by atoms with Gasteiger partial charge in [0.15, 0.2) is 5.82 Å². The lowest BCUT2D eigenvalue weighted by atomic mass is 9.97. The second kappa shape index (κ2) is 6.02. The summed E-state index contributed by atoms with van der Waals surface area (Å²) in [6.07, 6.45) is 2.65. The Labute approximate surface area is 144 Å². The number of hydrogen-bond acceptors (Lipinski definition) is 3. The van der Waals surface area contributed by atoms with E-state index >= 15 is 0 Å². The Bertz CT molecular complexity index is 1070. The topological polar surface area (TPSA) is 46.0 Å². The summed E-state index contributed by atoms with van der Waals surface area (Å²) >= 11 is 5.28. The highest BCUT2D eigenvalue weighted by Gasteiger charge is 2.06. The first kappa shape index (κ1) is 14.8. The summed E-state index contributed by atoms with van der Waals surface area (Å²) in [7, 11) is 0. The van der Waals surface area contributed by atoms with Gasteiger partial charge in [0, 0.05) is 12.0 Å². The monoisotopic (exact) mass is 332 g/mol. The van der Waals surface area contributed by atoms with Crippen molar-refractivity contribution in [2.24, 2.45) is 5.10 Å². The minimum atomic E-state index is 0.507. The van der Waals surface area contributed by atoms with E-state index in [2.05, 4.69) is 69.9 Å². The smallest absolute Gasteiger partial charge is 0.216 e. The van der Waals surface area contributed by atoms with E-state index in [0.717, 1.165) is 17.8 Å². The number of fused-ring (bicyclic) bond motifs is 2. The maximum absolute atomic E-state index is 5.28. The molecule has 0 aliphatic rings. The standard InChI is InChI=1S/C19H16N4S/c1-2-18-21-22-19(24)23(18)20-12-17-15-9-5-3-7-13(15)11-14-8-4-6-10-16(14)17/h3-12H,2H2,1H3,(H,22,24)/b20-12+. The van der Waals surface area contributed by atoms with Crippen LogP contribution in [0.5, 0.6) is 0 Å². The van der Waals surface area contributed by atoms with Gasteiger partial charge in [-0.3, -0.25) is 5.10 Å². The third-order valence-corrected chi connectivity index (χ3v) is 4.41. The van der Waals surface area contributed by atoms with Crippen molar-refractivity contribution in [2.45, 2.75) is 13.3 Å². The molecule has 0 aliphatic carbocycles. The molecule has 24 heavy (non-hydrogen) atoms. The molecule has 118 valence electrons. The average molecular weight is 332 g/mol. The molecule has 0 amide bonds. The molecule has 0 saturated carbocycles. The maximum Gasteiger partial charge on any atom is 0.216 e. The van der Waals surface area contributed by atoms with Crippen LogP contribution in [0.1, 0.15) is 18.3 Å². The Kier molecular flexibility index (Phi) is 3.70. The molecule has 1 aromatic heterocycles. The lowest BCUT2D eigenvalue weighted by Gasteiger charge is -2.08. The van der Waals surface area contributed by atoms with Crippen LogP contribution in [-0.4, -0.2) is 21.1 Å². The molecule has 0 aliphatic heterocycles. The van der Waals surface area contributed by atoms with E-state index in [-0.39, 0.29) is 0 Å². The normalized spacial score (nSPS) is 11.7. The van der Waals surface area contributed by atoms with Crippen molar-refractivity contribution in [2.75, 3.05) is 0 Å². The predicted molar refractivity (Wildman–Crippen MR) is 101 cm³/mol. The van der Waals surface area contributed by atoms with Gasteiger partial charge in [-0.1, -0.05) is 55.5 Å². The Morgan fingerprint density at radius 2 is 1.71 bits per heavy atom. The van der Waals surface area contributed by atoms with Crippen LogP contribution in [0.15, 0.2) is 59.7 Å². The molecule has 3 aromatic carbocycles. The van der Waals surface area contributed by atoms with E-state index in [1.807, 2.05) is 13.1 Å². The van der Waals surface area contributed by atoms with E-state index in [1.165, 1.54) is 21.5 Å². The van der Waals surface area contributed by atoms with Gasteiger partial charge in [0.25, 0.3) is 0 Å². The van der Waals surface area contributed by atoms with Crippen LogP contribution in [0.3, 0.4) is 0 Å². The number of aromatic nitrogens is 3. The molecule has 0 unspecified atom stereocenters. The SMILES string of the molecule is CCc1n[nH]c(=S)n1/N=C/c1c2ccccc2cc2ccccc12. The summed E-state index contributed by atoms with van der Waals surface area (Å²) < 4.78 is 2.19. The number of hydrogen-bond donors (Lipinski definition) is 1. The van der Waals surface area contributed by atoms with Crippen molar-refractivity contribution in [1.29, 1.82) is 0 Å². The number of nitrogens with one attached hydrogen (secondary N) is 1. The lowest BCUT2D eigenvalue weighted by molar-refractivity contribution is 0.780. The minimum absolute atomic E-state index is 0.507. The van der Waals surface area contributed by atoms with Crippen molar-refractivity contribution < 1.29 is 0 Å². The van der Waals surface area contributed by atoms with Gasteiger partial charge in [-0.25, -0.2) is 0 Å². The number of rotatable bonds is 3. The maximum atomic E-state index is 5.28. The molecular weight excluding hydrogens is 316 g/mol. The molecular formula is C19H16N4S. The summed E-state index contributed by atoms with van der Waals surface area (Å²) in [5.74, 6) is 0.820. The average Bonchev–Trinajstić information content (AvgIpc) is 2.98. The fourth-order valence-electron chi connectivity index (χ4n) is 2.98. The van der Waals surface area contributed by atoms with E-state index in [4.69, 9.17) is 12.2 Å². The number of aromatic amines is 1. The Morgan fingerprint density at radius 1 is 1.08 bits per heavy atom. The molecule has 5 heteroatoms. The fourth-order valence-corrected chi connectivity index (χ4v) is 3.17. The van der Waals surface area contributed by atoms with Crippen LogP contribution >= 0.6 is 12.2 Å². The van der Waals surface area contributed by atoms with Crippen LogP contribution in [0.4, 0.5) is 0 Å². The third kappa shape index (κ3) is 2.43. The summed E-state index contributed by atoms with van der Waals surface area (Å²) in [5.41, 5.74) is 1.09. The summed E-state index contributed by atoms with van der Waals surface area (Å²) in [5, 5.41) is 16.3. The van der Waals surface area contributed by atoms with Crippen LogP contribution in [0.2, 0.25) is 0 Å². The minimum Gasteiger partial charge on any atom is -0.250 e. The summed E-state index contributed by atoms with van der Waals surface area (Å²) in [6, 6.07) is 18.9. The first-order valence-electron chi connectivity index (χ1n) is 7.89. The van der Waals surface area contributed by atoms with Gasteiger partial charge in [0.2, 0.25) is 4.77 Å². The van der Waals surface area contributed by atoms with Crippen molar-refractivity contribution in [3.8, 4) is 0 Å². The molecule has 0 bridgehead atoms. The second-order valence-electron chi connectivity index (χ2n) is 5.59. The zero-order valence-electron chi connectivity index (χ0n) is 13.2. The molecule has 4 rings (SSSR count). The summed E-state index contributed by atoms with van der Waals surface area (Å²) in [4.78, 5) is 0. The van der Waals surface area contributed by atoms with Crippen LogP contribution in [0, 0.1) is 4.77 Å². The first-order chi connectivity index (χ1) is 11.8. The molecule has 0 fully saturated rings. The van der Waals surface area contributed by atoms with E-state index in [1.54, 1.807) is 4.68 Å². The molecule has 1 N–H and O–H groups in total. The van der Waals surface area contributed by atoms with Crippen molar-refractivity contribution in [1.82, 2.24) is 14.9 Å². The lowest BCUT2D eigenvalue weighted by Crippen LogP contribution is -1.98. The molecule has 4 aromatic rings.